The van der Waals surface area contributed by atoms with Crippen molar-refractivity contribution in [3.05, 3.63) is 0 Å². The Morgan fingerprint density at radius 3 is 2.32 bits per heavy atom. The van der Waals surface area contributed by atoms with Crippen LogP contribution in [0.1, 0.15) is 60.3 Å². The summed E-state index contributed by atoms with van der Waals surface area (Å²) in [5.74, 6) is 0. The highest BCUT2D eigenvalue weighted by molar-refractivity contribution is 4.99. The van der Waals surface area contributed by atoms with Crippen molar-refractivity contribution in [3.8, 4) is 0 Å². The molecule has 0 aliphatic carbocycles. The van der Waals surface area contributed by atoms with Crippen LogP contribution in [-0.4, -0.2) is 47.8 Å². The van der Waals surface area contributed by atoms with Crippen molar-refractivity contribution in [1.82, 2.24) is 10.2 Å². The third-order valence-electron chi connectivity index (χ3n) is 4.54. The zero-order valence-electron chi connectivity index (χ0n) is 13.5. The summed E-state index contributed by atoms with van der Waals surface area (Å²) in [5, 5.41) is 3.81. The molecule has 0 saturated carbocycles. The van der Waals surface area contributed by atoms with Gasteiger partial charge >= 0.3 is 0 Å². The Morgan fingerprint density at radius 1 is 1.16 bits per heavy atom. The summed E-state index contributed by atoms with van der Waals surface area (Å²) in [5.41, 5.74) is -0.0499. The first kappa shape index (κ1) is 15.3. The first-order valence-corrected chi connectivity index (χ1v) is 7.97. The van der Waals surface area contributed by atoms with E-state index in [4.69, 9.17) is 4.74 Å². The molecule has 2 atom stereocenters. The summed E-state index contributed by atoms with van der Waals surface area (Å²) in [6.45, 7) is 14.9. The van der Waals surface area contributed by atoms with Crippen molar-refractivity contribution in [3.63, 3.8) is 0 Å². The first-order valence-electron chi connectivity index (χ1n) is 7.97. The van der Waals surface area contributed by atoms with Crippen molar-refractivity contribution >= 4 is 0 Å². The Kier molecular flexibility index (Phi) is 4.59. The molecule has 3 heteroatoms. The molecule has 1 N–H and O–H groups in total. The molecule has 2 saturated heterocycles. The van der Waals surface area contributed by atoms with Crippen molar-refractivity contribution in [2.75, 3.05) is 19.6 Å². The molecule has 0 aromatic carbocycles. The first-order chi connectivity index (χ1) is 8.78. The van der Waals surface area contributed by atoms with E-state index in [9.17, 15) is 0 Å². The molecule has 2 rings (SSSR count). The van der Waals surface area contributed by atoms with E-state index >= 15 is 0 Å². The van der Waals surface area contributed by atoms with Crippen molar-refractivity contribution in [1.29, 1.82) is 0 Å². The summed E-state index contributed by atoms with van der Waals surface area (Å²) >= 11 is 0. The molecule has 0 bridgehead atoms. The van der Waals surface area contributed by atoms with Gasteiger partial charge in [0.15, 0.2) is 0 Å². The predicted octanol–water partition coefficient (Wildman–Crippen LogP) is 2.80. The summed E-state index contributed by atoms with van der Waals surface area (Å²) in [4.78, 5) is 2.61. The van der Waals surface area contributed by atoms with Gasteiger partial charge < -0.3 is 15.0 Å². The van der Waals surface area contributed by atoms with Crippen LogP contribution in [0.15, 0.2) is 0 Å². The highest BCUT2D eigenvalue weighted by Gasteiger charge is 2.46. The van der Waals surface area contributed by atoms with Crippen LogP contribution in [-0.2, 0) is 4.74 Å². The molecular weight excluding hydrogens is 236 g/mol. The molecule has 19 heavy (non-hydrogen) atoms. The van der Waals surface area contributed by atoms with E-state index in [1.165, 1.54) is 38.9 Å². The minimum absolute atomic E-state index is 0.00596. The fraction of sp³-hybridized carbons (Fsp3) is 1.00. The van der Waals surface area contributed by atoms with Gasteiger partial charge in [-0.1, -0.05) is 6.42 Å². The highest BCUT2D eigenvalue weighted by atomic mass is 16.5. The predicted molar refractivity (Wildman–Crippen MR) is 80.5 cm³/mol. The third-order valence-corrected chi connectivity index (χ3v) is 4.54. The number of nitrogens with one attached hydrogen (secondary N) is 1. The fourth-order valence-electron chi connectivity index (χ4n) is 3.75. The van der Waals surface area contributed by atoms with Gasteiger partial charge in [0.2, 0.25) is 0 Å². The van der Waals surface area contributed by atoms with Crippen LogP contribution >= 0.6 is 0 Å². The number of piperidine rings is 1. The minimum atomic E-state index is -0.0559. The maximum Gasteiger partial charge on any atom is 0.0787 e. The Hall–Kier alpha value is -0.120. The number of hydrogen-bond acceptors (Lipinski definition) is 3. The van der Waals surface area contributed by atoms with Gasteiger partial charge in [0.1, 0.15) is 0 Å². The largest absolute Gasteiger partial charge is 0.368 e. The lowest BCUT2D eigenvalue weighted by Crippen LogP contribution is -2.51. The van der Waals surface area contributed by atoms with E-state index in [2.05, 4.69) is 44.8 Å². The van der Waals surface area contributed by atoms with Crippen LogP contribution in [0.4, 0.5) is 0 Å². The SMILES string of the molecule is CC(CN1CCCCC1)NC1CC(C)(C)OC1(C)C. The second-order valence-electron chi connectivity index (χ2n) is 7.65. The van der Waals surface area contributed by atoms with E-state index in [0.717, 1.165) is 6.42 Å². The molecule has 0 amide bonds. The molecular formula is C16H32N2O. The number of ether oxygens (including phenoxy) is 1. The Bertz CT molecular complexity index is 295. The van der Waals surface area contributed by atoms with Crippen LogP contribution < -0.4 is 5.32 Å². The lowest BCUT2D eigenvalue weighted by atomic mass is 9.94. The minimum Gasteiger partial charge on any atom is -0.368 e. The van der Waals surface area contributed by atoms with Crippen molar-refractivity contribution < 1.29 is 4.74 Å². The van der Waals surface area contributed by atoms with Gasteiger partial charge in [-0.05, 0) is 67.0 Å². The second-order valence-corrected chi connectivity index (χ2v) is 7.65. The molecule has 0 aromatic rings. The molecule has 2 aliphatic rings. The molecule has 2 aliphatic heterocycles. The highest BCUT2D eigenvalue weighted by Crippen LogP contribution is 2.37. The normalized spacial score (nSPS) is 32.4. The van der Waals surface area contributed by atoms with Gasteiger partial charge in [0, 0.05) is 18.6 Å². The fourth-order valence-corrected chi connectivity index (χ4v) is 3.75. The van der Waals surface area contributed by atoms with Gasteiger partial charge in [-0.2, -0.15) is 0 Å². The monoisotopic (exact) mass is 268 g/mol. The van der Waals surface area contributed by atoms with Crippen LogP contribution in [0, 0.1) is 0 Å². The third kappa shape index (κ3) is 4.17. The smallest absolute Gasteiger partial charge is 0.0787 e. The summed E-state index contributed by atoms with van der Waals surface area (Å²) in [7, 11) is 0. The molecule has 2 fully saturated rings. The lowest BCUT2D eigenvalue weighted by molar-refractivity contribution is -0.0705. The molecule has 0 aromatic heterocycles. The van der Waals surface area contributed by atoms with Gasteiger partial charge in [-0.3, -0.25) is 0 Å². The summed E-state index contributed by atoms with van der Waals surface area (Å²) in [6.07, 6.45) is 5.26. The zero-order valence-corrected chi connectivity index (χ0v) is 13.5. The van der Waals surface area contributed by atoms with Crippen molar-refractivity contribution in [2.45, 2.75) is 83.6 Å². The average Bonchev–Trinajstić information content (AvgIpc) is 2.47. The number of likely N-dealkylation sites (tertiary alicyclic amines) is 1. The van der Waals surface area contributed by atoms with Crippen LogP contribution in [0.3, 0.4) is 0 Å². The molecule has 2 unspecified atom stereocenters. The van der Waals surface area contributed by atoms with Crippen LogP contribution in [0.2, 0.25) is 0 Å². The number of rotatable bonds is 4. The van der Waals surface area contributed by atoms with E-state index in [0.29, 0.717) is 12.1 Å². The Balaban J connectivity index is 1.83. The maximum atomic E-state index is 6.16. The van der Waals surface area contributed by atoms with Crippen LogP contribution in [0.5, 0.6) is 0 Å². The molecule has 0 spiro atoms. The number of nitrogens with zero attached hydrogens (tertiary/aromatic N) is 1. The quantitative estimate of drug-likeness (QED) is 0.848. The average molecular weight is 268 g/mol. The Morgan fingerprint density at radius 2 is 1.79 bits per heavy atom. The summed E-state index contributed by atoms with van der Waals surface area (Å²) < 4.78 is 6.16. The summed E-state index contributed by atoms with van der Waals surface area (Å²) in [6, 6.07) is 1.00. The maximum absolute atomic E-state index is 6.16. The van der Waals surface area contributed by atoms with Crippen LogP contribution in [0.25, 0.3) is 0 Å². The van der Waals surface area contributed by atoms with Gasteiger partial charge in [0.05, 0.1) is 11.2 Å². The lowest BCUT2D eigenvalue weighted by Gasteiger charge is -2.33. The van der Waals surface area contributed by atoms with Gasteiger partial charge in [-0.15, -0.1) is 0 Å². The number of hydrogen-bond donors (Lipinski definition) is 1. The standard InChI is InChI=1S/C16H32N2O/c1-13(12-18-9-7-6-8-10-18)17-14-11-15(2,3)19-16(14,4)5/h13-14,17H,6-12H2,1-5H3. The van der Waals surface area contributed by atoms with Gasteiger partial charge in [0.25, 0.3) is 0 Å². The Labute approximate surface area is 119 Å². The molecule has 3 nitrogen and oxygen atoms in total. The second kappa shape index (κ2) is 5.71. The van der Waals surface area contributed by atoms with E-state index in [-0.39, 0.29) is 11.2 Å². The molecule has 0 radical (unpaired) electrons. The van der Waals surface area contributed by atoms with E-state index < -0.39 is 0 Å². The molecule has 112 valence electrons. The van der Waals surface area contributed by atoms with Crippen molar-refractivity contribution in [2.24, 2.45) is 0 Å². The van der Waals surface area contributed by atoms with Gasteiger partial charge in [-0.25, -0.2) is 0 Å². The van der Waals surface area contributed by atoms with E-state index in [1.807, 2.05) is 0 Å². The zero-order chi connectivity index (χ0) is 14.1. The van der Waals surface area contributed by atoms with E-state index in [1.54, 1.807) is 0 Å². The molecule has 2 heterocycles. The topological polar surface area (TPSA) is 24.5 Å².